The fourth-order valence-electron chi connectivity index (χ4n) is 2.51. The molecule has 5 heteroatoms. The van der Waals surface area contributed by atoms with Crippen molar-refractivity contribution in [1.29, 1.82) is 0 Å². The van der Waals surface area contributed by atoms with Crippen molar-refractivity contribution in [2.75, 3.05) is 0 Å². The maximum absolute atomic E-state index is 11.9. The van der Waals surface area contributed by atoms with Crippen molar-refractivity contribution in [2.45, 2.75) is 31.6 Å². The molecule has 0 aliphatic rings. The lowest BCUT2D eigenvalue weighted by Gasteiger charge is -2.09. The first-order valence-electron chi connectivity index (χ1n) is 6.93. The van der Waals surface area contributed by atoms with Crippen LogP contribution in [0.25, 0.3) is 11.1 Å². The highest BCUT2D eigenvalue weighted by Crippen LogP contribution is 2.34. The summed E-state index contributed by atoms with van der Waals surface area (Å²) in [5.74, 6) is 0.580. The number of fused-ring (bicyclic) bond motifs is 1. The molecule has 2 aromatic heterocycles. The maximum Gasteiger partial charge on any atom is 0.419 e. The van der Waals surface area contributed by atoms with E-state index in [-0.39, 0.29) is 10.6 Å². The van der Waals surface area contributed by atoms with Gasteiger partial charge in [0.15, 0.2) is 5.58 Å². The van der Waals surface area contributed by atoms with Crippen LogP contribution in [0.1, 0.15) is 35.1 Å². The van der Waals surface area contributed by atoms with Crippen LogP contribution in [0.4, 0.5) is 0 Å². The number of hydrogen-bond donors (Lipinski definition) is 0. The first kappa shape index (κ1) is 14.2. The molecule has 0 aliphatic carbocycles. The molecule has 0 spiro atoms. The molecule has 0 amide bonds. The number of benzene rings is 1. The van der Waals surface area contributed by atoms with Crippen LogP contribution in [-0.2, 0) is 6.54 Å². The van der Waals surface area contributed by atoms with Crippen LogP contribution in [0.5, 0.6) is 0 Å². The van der Waals surface area contributed by atoms with Crippen LogP contribution >= 0.6 is 15.9 Å². The molecule has 1 unspecified atom stereocenters. The van der Waals surface area contributed by atoms with Crippen molar-refractivity contribution in [3.8, 4) is 0 Å². The summed E-state index contributed by atoms with van der Waals surface area (Å²) in [4.78, 5) is 11.9. The van der Waals surface area contributed by atoms with Gasteiger partial charge in [-0.25, -0.2) is 4.79 Å². The number of furan rings is 1. The Labute approximate surface area is 130 Å². The predicted octanol–water partition coefficient (Wildman–Crippen LogP) is 4.39. The molecule has 2 heterocycles. The average molecular weight is 350 g/mol. The Kier molecular flexibility index (Phi) is 3.76. The molecule has 0 saturated heterocycles. The lowest BCUT2D eigenvalue weighted by Crippen LogP contribution is -2.13. The molecule has 3 rings (SSSR count). The molecule has 110 valence electrons. The topological polar surface area (TPSA) is 48.3 Å². The predicted molar refractivity (Wildman–Crippen MR) is 85.0 cm³/mol. The Balaban J connectivity index is 2.06. The van der Waals surface area contributed by atoms with Gasteiger partial charge in [0, 0.05) is 12.1 Å². The van der Waals surface area contributed by atoms with Gasteiger partial charge in [0.05, 0.1) is 16.6 Å². The minimum atomic E-state index is -0.297. The van der Waals surface area contributed by atoms with Crippen molar-refractivity contribution in [1.82, 2.24) is 4.57 Å². The van der Waals surface area contributed by atoms with Gasteiger partial charge < -0.3 is 8.83 Å². The summed E-state index contributed by atoms with van der Waals surface area (Å²) in [6.07, 6.45) is 2.57. The third kappa shape index (κ3) is 2.46. The summed E-state index contributed by atoms with van der Waals surface area (Å²) in [7, 11) is 0. The van der Waals surface area contributed by atoms with E-state index in [1.54, 1.807) is 10.8 Å². The van der Waals surface area contributed by atoms with E-state index in [1.165, 1.54) is 0 Å². The smallest absolute Gasteiger partial charge is 0.419 e. The molecular weight excluding hydrogens is 334 g/mol. The molecule has 1 aromatic carbocycles. The molecule has 4 nitrogen and oxygen atoms in total. The molecule has 0 bridgehead atoms. The van der Waals surface area contributed by atoms with Crippen LogP contribution in [0.2, 0.25) is 0 Å². The number of oxazole rings is 1. The number of aryl methyl sites for hydroxylation is 2. The highest BCUT2D eigenvalue weighted by atomic mass is 79.9. The summed E-state index contributed by atoms with van der Waals surface area (Å²) in [5, 5.41) is 0. The number of rotatable bonds is 4. The zero-order valence-electron chi connectivity index (χ0n) is 11.9. The second-order valence-electron chi connectivity index (χ2n) is 5.04. The number of nitrogens with zero attached hydrogens (tertiary/aromatic N) is 1. The Bertz CT molecular complexity index is 828. The Morgan fingerprint density at radius 3 is 2.81 bits per heavy atom. The minimum Gasteiger partial charge on any atom is -0.469 e. The number of hydrogen-bond acceptors (Lipinski definition) is 3. The Morgan fingerprint density at radius 1 is 1.33 bits per heavy atom. The Morgan fingerprint density at radius 2 is 2.14 bits per heavy atom. The minimum absolute atomic E-state index is 0.0143. The van der Waals surface area contributed by atoms with Crippen LogP contribution in [-0.4, -0.2) is 4.57 Å². The lowest BCUT2D eigenvalue weighted by atomic mass is 10.1. The molecule has 0 radical (unpaired) electrons. The van der Waals surface area contributed by atoms with Gasteiger partial charge in [-0.05, 0) is 37.1 Å². The van der Waals surface area contributed by atoms with E-state index in [0.29, 0.717) is 12.1 Å². The number of aromatic nitrogens is 1. The van der Waals surface area contributed by atoms with Crippen LogP contribution in [0.3, 0.4) is 0 Å². The molecule has 0 aliphatic heterocycles. The summed E-state index contributed by atoms with van der Waals surface area (Å²) in [6.45, 7) is 4.64. The maximum atomic E-state index is 11.9. The van der Waals surface area contributed by atoms with Gasteiger partial charge in [0.25, 0.3) is 0 Å². The summed E-state index contributed by atoms with van der Waals surface area (Å²) >= 11 is 3.68. The molecular formula is C16H16BrNO3. The van der Waals surface area contributed by atoms with Crippen molar-refractivity contribution in [3.63, 3.8) is 0 Å². The summed E-state index contributed by atoms with van der Waals surface area (Å²) in [5.41, 5.74) is 3.57. The van der Waals surface area contributed by atoms with E-state index in [0.717, 1.165) is 28.8 Å². The molecule has 1 atom stereocenters. The van der Waals surface area contributed by atoms with E-state index in [1.807, 2.05) is 38.1 Å². The normalized spacial score (nSPS) is 12.9. The van der Waals surface area contributed by atoms with E-state index in [4.69, 9.17) is 8.83 Å². The second kappa shape index (κ2) is 5.56. The van der Waals surface area contributed by atoms with Gasteiger partial charge >= 0.3 is 5.76 Å². The van der Waals surface area contributed by atoms with Crippen molar-refractivity contribution < 1.29 is 8.83 Å². The SMILES string of the molecule is CCCn1c(=O)oc2cc(C(Br)c3ccoc3C)ccc21. The number of alkyl halides is 1. The lowest BCUT2D eigenvalue weighted by molar-refractivity contribution is 0.502. The van der Waals surface area contributed by atoms with Gasteiger partial charge in [-0.15, -0.1) is 0 Å². The first-order chi connectivity index (χ1) is 10.1. The molecule has 3 aromatic rings. The van der Waals surface area contributed by atoms with Gasteiger partial charge in [-0.1, -0.05) is 28.9 Å². The van der Waals surface area contributed by atoms with E-state index in [9.17, 15) is 4.79 Å². The van der Waals surface area contributed by atoms with Gasteiger partial charge in [0.2, 0.25) is 0 Å². The largest absolute Gasteiger partial charge is 0.469 e. The zero-order valence-corrected chi connectivity index (χ0v) is 13.5. The second-order valence-corrected chi connectivity index (χ2v) is 5.96. The fraction of sp³-hybridized carbons (Fsp3) is 0.312. The quantitative estimate of drug-likeness (QED) is 0.656. The average Bonchev–Trinajstić information content (AvgIpc) is 3.02. The molecule has 0 saturated carbocycles. The highest BCUT2D eigenvalue weighted by Gasteiger charge is 2.17. The summed E-state index contributed by atoms with van der Waals surface area (Å²) < 4.78 is 12.4. The summed E-state index contributed by atoms with van der Waals surface area (Å²) in [6, 6.07) is 7.80. The van der Waals surface area contributed by atoms with Crippen LogP contribution < -0.4 is 5.76 Å². The van der Waals surface area contributed by atoms with Gasteiger partial charge in [-0.3, -0.25) is 4.57 Å². The van der Waals surface area contributed by atoms with Crippen molar-refractivity contribution >= 4 is 27.0 Å². The number of halogens is 1. The zero-order chi connectivity index (χ0) is 15.0. The highest BCUT2D eigenvalue weighted by molar-refractivity contribution is 9.09. The molecule has 0 N–H and O–H groups in total. The monoisotopic (exact) mass is 349 g/mol. The van der Waals surface area contributed by atoms with Gasteiger partial charge in [0.1, 0.15) is 5.76 Å². The van der Waals surface area contributed by atoms with E-state index < -0.39 is 0 Å². The van der Waals surface area contributed by atoms with Crippen molar-refractivity contribution in [3.05, 3.63) is 58.0 Å². The van der Waals surface area contributed by atoms with Crippen molar-refractivity contribution in [2.24, 2.45) is 0 Å². The van der Waals surface area contributed by atoms with Crippen LogP contribution in [0.15, 0.2) is 44.2 Å². The fourth-order valence-corrected chi connectivity index (χ4v) is 3.27. The van der Waals surface area contributed by atoms with Gasteiger partial charge in [-0.2, -0.15) is 0 Å². The van der Waals surface area contributed by atoms with Crippen LogP contribution in [0, 0.1) is 6.92 Å². The van der Waals surface area contributed by atoms with E-state index >= 15 is 0 Å². The molecule has 0 fully saturated rings. The third-order valence-electron chi connectivity index (χ3n) is 3.60. The van der Waals surface area contributed by atoms with E-state index in [2.05, 4.69) is 15.9 Å². The third-order valence-corrected chi connectivity index (χ3v) is 4.63. The molecule has 21 heavy (non-hydrogen) atoms. The Hall–Kier alpha value is -1.75. The first-order valence-corrected chi connectivity index (χ1v) is 7.84. The standard InChI is InChI=1S/C16H16BrNO3/c1-3-7-18-13-5-4-11(9-14(13)21-16(18)19)15(17)12-6-8-20-10(12)2/h4-6,8-9,15H,3,7H2,1-2H3.